The van der Waals surface area contributed by atoms with E-state index in [1.165, 1.54) is 0 Å². The van der Waals surface area contributed by atoms with Crippen LogP contribution in [0.4, 0.5) is 0 Å². The highest BCUT2D eigenvalue weighted by Crippen LogP contribution is 2.22. The van der Waals surface area contributed by atoms with E-state index in [0.717, 1.165) is 36.7 Å². The largest absolute Gasteiger partial charge is 0.379 e. The number of fused-ring (bicyclic) bond motifs is 1. The van der Waals surface area contributed by atoms with E-state index in [4.69, 9.17) is 4.74 Å². The van der Waals surface area contributed by atoms with E-state index in [2.05, 4.69) is 23.5 Å². The lowest BCUT2D eigenvalue weighted by molar-refractivity contribution is 0.00297. The van der Waals surface area contributed by atoms with Crippen molar-refractivity contribution >= 4 is 20.8 Å². The summed E-state index contributed by atoms with van der Waals surface area (Å²) < 4.78 is 34.2. The molecule has 1 saturated heterocycles. The Morgan fingerprint density at radius 1 is 1.04 bits per heavy atom. The second-order valence-corrected chi connectivity index (χ2v) is 8.92. The summed E-state index contributed by atoms with van der Waals surface area (Å²) in [5.74, 6) is 0.461. The Bertz CT molecular complexity index is 843. The lowest BCUT2D eigenvalue weighted by atomic mass is 9.92. The van der Waals surface area contributed by atoms with Crippen molar-refractivity contribution < 1.29 is 13.2 Å². The minimum atomic E-state index is -3.54. The van der Waals surface area contributed by atoms with Gasteiger partial charge < -0.3 is 4.74 Å². The van der Waals surface area contributed by atoms with Crippen molar-refractivity contribution in [3.63, 3.8) is 0 Å². The first-order valence-corrected chi connectivity index (χ1v) is 11.3. The van der Waals surface area contributed by atoms with Crippen LogP contribution in [0.25, 0.3) is 10.8 Å². The highest BCUT2D eigenvalue weighted by Gasteiger charge is 2.28. The number of hydrogen-bond donors (Lipinski definition) is 1. The summed E-state index contributed by atoms with van der Waals surface area (Å²) in [6, 6.07) is 13.3. The van der Waals surface area contributed by atoms with Crippen LogP contribution in [-0.2, 0) is 14.8 Å². The minimum Gasteiger partial charge on any atom is -0.379 e. The maximum atomic E-state index is 12.9. The van der Waals surface area contributed by atoms with Crippen LogP contribution in [-0.4, -0.2) is 52.2 Å². The fourth-order valence-electron chi connectivity index (χ4n) is 3.95. The molecule has 148 valence electrons. The van der Waals surface area contributed by atoms with E-state index in [-0.39, 0.29) is 6.04 Å². The number of hydrogen-bond acceptors (Lipinski definition) is 4. The van der Waals surface area contributed by atoms with Gasteiger partial charge in [0.2, 0.25) is 10.0 Å². The highest BCUT2D eigenvalue weighted by molar-refractivity contribution is 7.89. The molecular weight excluding hydrogens is 360 g/mol. The molecule has 1 N–H and O–H groups in total. The fourth-order valence-corrected chi connectivity index (χ4v) is 5.03. The third-order valence-corrected chi connectivity index (χ3v) is 7.04. The van der Waals surface area contributed by atoms with Gasteiger partial charge in [0.15, 0.2) is 0 Å². The monoisotopic (exact) mass is 390 g/mol. The van der Waals surface area contributed by atoms with E-state index in [0.29, 0.717) is 30.6 Å². The predicted octanol–water partition coefficient (Wildman–Crippen LogP) is 3.26. The van der Waals surface area contributed by atoms with Crippen molar-refractivity contribution in [2.45, 2.75) is 37.6 Å². The number of rotatable bonds is 8. The second kappa shape index (κ2) is 9.15. The molecule has 3 rings (SSSR count). The van der Waals surface area contributed by atoms with Crippen LogP contribution in [0.15, 0.2) is 47.4 Å². The third-order valence-electron chi connectivity index (χ3n) is 5.62. The molecule has 0 spiro atoms. The smallest absolute Gasteiger partial charge is 0.240 e. The van der Waals surface area contributed by atoms with E-state index in [1.54, 1.807) is 12.1 Å². The molecule has 0 aromatic heterocycles. The maximum absolute atomic E-state index is 12.9. The van der Waals surface area contributed by atoms with Gasteiger partial charge in [-0.1, -0.05) is 57.0 Å². The van der Waals surface area contributed by atoms with Crippen LogP contribution in [0.1, 0.15) is 26.7 Å². The molecule has 0 aliphatic carbocycles. The van der Waals surface area contributed by atoms with Gasteiger partial charge in [0.25, 0.3) is 0 Å². The van der Waals surface area contributed by atoms with Crippen LogP contribution in [0.5, 0.6) is 0 Å². The molecular formula is C21H30N2O3S. The van der Waals surface area contributed by atoms with Gasteiger partial charge in [-0.3, -0.25) is 4.90 Å². The SMILES string of the molecule is CCC(CC)C(CNS(=O)(=O)c1ccc2ccccc2c1)N1CCOCC1. The van der Waals surface area contributed by atoms with Crippen molar-refractivity contribution in [1.29, 1.82) is 0 Å². The molecule has 5 nitrogen and oxygen atoms in total. The highest BCUT2D eigenvalue weighted by atomic mass is 32.2. The zero-order valence-electron chi connectivity index (χ0n) is 16.2. The molecule has 0 amide bonds. The first kappa shape index (κ1) is 20.3. The van der Waals surface area contributed by atoms with Crippen LogP contribution < -0.4 is 4.72 Å². The molecule has 1 fully saturated rings. The molecule has 6 heteroatoms. The molecule has 27 heavy (non-hydrogen) atoms. The zero-order valence-corrected chi connectivity index (χ0v) is 17.0. The van der Waals surface area contributed by atoms with Gasteiger partial charge in [0.1, 0.15) is 0 Å². The van der Waals surface area contributed by atoms with E-state index in [1.807, 2.05) is 30.3 Å². The number of benzene rings is 2. The quantitative estimate of drug-likeness (QED) is 0.752. The number of morpholine rings is 1. The topological polar surface area (TPSA) is 58.6 Å². The molecule has 0 saturated carbocycles. The number of nitrogens with zero attached hydrogens (tertiary/aromatic N) is 1. The Morgan fingerprint density at radius 2 is 1.70 bits per heavy atom. The molecule has 0 radical (unpaired) electrons. The van der Waals surface area contributed by atoms with Crippen molar-refractivity contribution in [2.75, 3.05) is 32.8 Å². The molecule has 1 atom stereocenters. The summed E-state index contributed by atoms with van der Waals surface area (Å²) in [4.78, 5) is 2.70. The summed E-state index contributed by atoms with van der Waals surface area (Å²) in [6.07, 6.45) is 2.08. The van der Waals surface area contributed by atoms with Gasteiger partial charge in [-0.05, 0) is 28.8 Å². The fraction of sp³-hybridized carbons (Fsp3) is 0.524. The van der Waals surface area contributed by atoms with Crippen molar-refractivity contribution in [1.82, 2.24) is 9.62 Å². The summed E-state index contributed by atoms with van der Waals surface area (Å²) in [6.45, 7) is 7.94. The molecule has 1 aliphatic heterocycles. The molecule has 1 aliphatic rings. The van der Waals surface area contributed by atoms with Crippen molar-refractivity contribution in [3.8, 4) is 0 Å². The van der Waals surface area contributed by atoms with Crippen LogP contribution in [0, 0.1) is 5.92 Å². The number of nitrogens with one attached hydrogen (secondary N) is 1. The zero-order chi connectivity index (χ0) is 19.3. The summed E-state index contributed by atoms with van der Waals surface area (Å²) in [7, 11) is -3.54. The van der Waals surface area contributed by atoms with Crippen molar-refractivity contribution in [2.24, 2.45) is 5.92 Å². The second-order valence-electron chi connectivity index (χ2n) is 7.15. The van der Waals surface area contributed by atoms with Crippen LogP contribution >= 0.6 is 0 Å². The summed E-state index contributed by atoms with van der Waals surface area (Å²) >= 11 is 0. The first-order chi connectivity index (χ1) is 13.0. The normalized spacial score (nSPS) is 17.4. The van der Waals surface area contributed by atoms with Gasteiger partial charge in [0, 0.05) is 25.7 Å². The van der Waals surface area contributed by atoms with E-state index >= 15 is 0 Å². The minimum absolute atomic E-state index is 0.194. The third kappa shape index (κ3) is 4.88. The Kier molecular flexibility index (Phi) is 6.87. The van der Waals surface area contributed by atoms with Crippen LogP contribution in [0.2, 0.25) is 0 Å². The van der Waals surface area contributed by atoms with E-state index < -0.39 is 10.0 Å². The molecule has 0 bridgehead atoms. The summed E-state index contributed by atoms with van der Waals surface area (Å²) in [5.41, 5.74) is 0. The average molecular weight is 391 g/mol. The standard InChI is InChI=1S/C21H30N2O3S/c1-3-17(4-2)21(23-11-13-26-14-12-23)16-22-27(24,25)20-10-9-18-7-5-6-8-19(18)15-20/h5-10,15,17,21-22H,3-4,11-14,16H2,1-2H3. The van der Waals surface area contributed by atoms with Crippen molar-refractivity contribution in [3.05, 3.63) is 42.5 Å². The molecule has 2 aromatic carbocycles. The molecule has 1 unspecified atom stereocenters. The average Bonchev–Trinajstić information content (AvgIpc) is 2.71. The van der Waals surface area contributed by atoms with Gasteiger partial charge >= 0.3 is 0 Å². The van der Waals surface area contributed by atoms with Gasteiger partial charge in [0.05, 0.1) is 18.1 Å². The lowest BCUT2D eigenvalue weighted by Crippen LogP contribution is -2.52. The Balaban J connectivity index is 1.77. The Hall–Kier alpha value is -1.47. The lowest BCUT2D eigenvalue weighted by Gasteiger charge is -2.38. The Morgan fingerprint density at radius 3 is 2.37 bits per heavy atom. The summed E-state index contributed by atoms with van der Waals surface area (Å²) in [5, 5.41) is 1.98. The predicted molar refractivity (Wildman–Crippen MR) is 109 cm³/mol. The van der Waals surface area contributed by atoms with Gasteiger partial charge in [-0.2, -0.15) is 0 Å². The first-order valence-electron chi connectivity index (χ1n) is 9.85. The van der Waals surface area contributed by atoms with Crippen LogP contribution in [0.3, 0.4) is 0 Å². The van der Waals surface area contributed by atoms with E-state index in [9.17, 15) is 8.42 Å². The van der Waals surface area contributed by atoms with Gasteiger partial charge in [-0.15, -0.1) is 0 Å². The Labute approximate surface area is 162 Å². The number of sulfonamides is 1. The maximum Gasteiger partial charge on any atom is 0.240 e. The molecule has 2 aromatic rings. The molecule has 1 heterocycles. The number of ether oxygens (including phenoxy) is 1. The van der Waals surface area contributed by atoms with Gasteiger partial charge in [-0.25, -0.2) is 13.1 Å².